The van der Waals surface area contributed by atoms with Gasteiger partial charge in [0.1, 0.15) is 17.9 Å². The van der Waals surface area contributed by atoms with Crippen LogP contribution in [-0.2, 0) is 6.61 Å². The van der Waals surface area contributed by atoms with Crippen molar-refractivity contribution in [3.8, 4) is 28.3 Å². The van der Waals surface area contributed by atoms with Crippen LogP contribution in [0.1, 0.15) is 32.9 Å². The minimum absolute atomic E-state index is 0.105. The first-order valence-electron chi connectivity index (χ1n) is 9.71. The van der Waals surface area contributed by atoms with Crippen molar-refractivity contribution in [2.75, 3.05) is 0 Å². The van der Waals surface area contributed by atoms with Crippen molar-refractivity contribution in [3.63, 3.8) is 0 Å². The highest BCUT2D eigenvalue weighted by Gasteiger charge is 2.20. The highest BCUT2D eigenvalue weighted by Crippen LogP contribution is 2.31. The lowest BCUT2D eigenvalue weighted by molar-refractivity contribution is 0.0690. The Hall–Kier alpha value is -4.07. The fourth-order valence-electron chi connectivity index (χ4n) is 3.48. The van der Waals surface area contributed by atoms with Crippen LogP contribution in [0.2, 0.25) is 0 Å². The number of aryl methyl sites for hydroxylation is 2. The number of tetrazole rings is 1. The van der Waals surface area contributed by atoms with Gasteiger partial charge in [0.25, 0.3) is 0 Å². The van der Waals surface area contributed by atoms with Crippen LogP contribution in [-0.4, -0.2) is 36.7 Å². The fourth-order valence-corrected chi connectivity index (χ4v) is 3.48. The maximum Gasteiger partial charge on any atom is 0.341 e. The molecule has 0 spiro atoms. The average Bonchev–Trinajstić information content (AvgIpc) is 3.30. The third-order valence-corrected chi connectivity index (χ3v) is 5.18. The van der Waals surface area contributed by atoms with E-state index in [0.29, 0.717) is 17.3 Å². The van der Waals surface area contributed by atoms with Crippen molar-refractivity contribution >= 4 is 5.97 Å². The van der Waals surface area contributed by atoms with Crippen LogP contribution in [0.15, 0.2) is 48.5 Å². The minimum atomic E-state index is -1.04. The molecule has 2 aromatic carbocycles. The van der Waals surface area contributed by atoms with Crippen molar-refractivity contribution in [1.29, 1.82) is 0 Å². The second kappa shape index (κ2) is 8.35. The van der Waals surface area contributed by atoms with Crippen molar-refractivity contribution < 1.29 is 14.6 Å². The number of hydrogen-bond acceptors (Lipinski definition) is 6. The van der Waals surface area contributed by atoms with E-state index in [4.69, 9.17) is 4.74 Å². The van der Waals surface area contributed by atoms with Gasteiger partial charge in [-0.05, 0) is 42.7 Å². The number of aromatic nitrogens is 5. The van der Waals surface area contributed by atoms with Crippen LogP contribution >= 0.6 is 0 Å². The molecular weight excluding hydrogens is 394 g/mol. The summed E-state index contributed by atoms with van der Waals surface area (Å²) >= 11 is 0. The van der Waals surface area contributed by atoms with E-state index in [-0.39, 0.29) is 12.2 Å². The molecule has 8 nitrogen and oxygen atoms in total. The Kier molecular flexibility index (Phi) is 5.44. The summed E-state index contributed by atoms with van der Waals surface area (Å²) in [5.74, 6) is -0.149. The van der Waals surface area contributed by atoms with Gasteiger partial charge in [0.15, 0.2) is 0 Å². The number of nitrogens with one attached hydrogen (secondary N) is 1. The number of ether oxygens (including phenoxy) is 1. The average molecular weight is 415 g/mol. The Morgan fingerprint density at radius 3 is 2.35 bits per heavy atom. The first-order chi connectivity index (χ1) is 15.0. The standard InChI is InChI=1S/C23H21N5O3/c1-13-14(2)24-15(3)20(23(29)30)21(13)31-12-16-8-10-17(11-9-16)18-6-4-5-7-19(18)22-25-27-28-26-22/h4-11H,12H2,1-3H3,(H,29,30)(H,25,26,27,28). The van der Waals surface area contributed by atoms with Gasteiger partial charge in [-0.15, -0.1) is 10.2 Å². The van der Waals surface area contributed by atoms with Gasteiger partial charge in [0.2, 0.25) is 5.82 Å². The number of rotatable bonds is 6. The van der Waals surface area contributed by atoms with Crippen molar-refractivity contribution in [2.45, 2.75) is 27.4 Å². The molecule has 31 heavy (non-hydrogen) atoms. The van der Waals surface area contributed by atoms with Gasteiger partial charge < -0.3 is 9.84 Å². The highest BCUT2D eigenvalue weighted by molar-refractivity contribution is 5.92. The zero-order chi connectivity index (χ0) is 22.0. The van der Waals surface area contributed by atoms with Crippen LogP contribution in [0.25, 0.3) is 22.5 Å². The summed E-state index contributed by atoms with van der Waals surface area (Å²) in [7, 11) is 0. The molecule has 8 heteroatoms. The normalized spacial score (nSPS) is 10.8. The lowest BCUT2D eigenvalue weighted by Gasteiger charge is -2.16. The SMILES string of the molecule is Cc1nc(C)c(C(=O)O)c(OCc2ccc(-c3ccccc3-c3nn[nH]n3)cc2)c1C. The van der Waals surface area contributed by atoms with Gasteiger partial charge >= 0.3 is 5.97 Å². The van der Waals surface area contributed by atoms with E-state index in [0.717, 1.165) is 33.5 Å². The largest absolute Gasteiger partial charge is 0.488 e. The molecule has 4 rings (SSSR count). The number of pyridine rings is 1. The van der Waals surface area contributed by atoms with E-state index in [2.05, 4.69) is 25.6 Å². The first-order valence-corrected chi connectivity index (χ1v) is 9.71. The van der Waals surface area contributed by atoms with Crippen LogP contribution < -0.4 is 4.74 Å². The quantitative estimate of drug-likeness (QED) is 0.487. The number of carboxylic acids is 1. The molecule has 2 N–H and O–H groups in total. The second-order valence-corrected chi connectivity index (χ2v) is 7.18. The Morgan fingerprint density at radius 2 is 1.71 bits per heavy atom. The summed E-state index contributed by atoms with van der Waals surface area (Å²) in [6.45, 7) is 5.59. The van der Waals surface area contributed by atoms with E-state index in [1.165, 1.54) is 0 Å². The first kappa shape index (κ1) is 20.2. The summed E-state index contributed by atoms with van der Waals surface area (Å²) in [5.41, 5.74) is 5.82. The van der Waals surface area contributed by atoms with Crippen LogP contribution in [0.5, 0.6) is 5.75 Å². The van der Waals surface area contributed by atoms with Gasteiger partial charge in [-0.2, -0.15) is 5.21 Å². The molecule has 0 unspecified atom stereocenters. The van der Waals surface area contributed by atoms with E-state index in [9.17, 15) is 9.90 Å². The molecular formula is C23H21N5O3. The molecule has 0 amide bonds. The molecule has 2 heterocycles. The van der Waals surface area contributed by atoms with Gasteiger partial charge in [-0.3, -0.25) is 4.98 Å². The topological polar surface area (TPSA) is 114 Å². The second-order valence-electron chi connectivity index (χ2n) is 7.18. The fraction of sp³-hybridized carbons (Fsp3) is 0.174. The molecule has 2 aromatic heterocycles. The molecule has 0 bridgehead atoms. The molecule has 156 valence electrons. The lowest BCUT2D eigenvalue weighted by Crippen LogP contribution is -2.10. The van der Waals surface area contributed by atoms with Gasteiger partial charge in [-0.25, -0.2) is 4.79 Å². The van der Waals surface area contributed by atoms with Crippen LogP contribution in [0.3, 0.4) is 0 Å². The predicted octanol–water partition coefficient (Wildman–Crippen LogP) is 4.13. The van der Waals surface area contributed by atoms with E-state index in [1.807, 2.05) is 62.4 Å². The minimum Gasteiger partial charge on any atom is -0.488 e. The smallest absolute Gasteiger partial charge is 0.341 e. The van der Waals surface area contributed by atoms with Crippen molar-refractivity contribution in [3.05, 3.63) is 76.6 Å². The van der Waals surface area contributed by atoms with E-state index < -0.39 is 5.97 Å². The number of aromatic amines is 1. The number of aromatic carboxylic acids is 1. The lowest BCUT2D eigenvalue weighted by atomic mass is 9.98. The number of carboxylic acid groups (broad SMARTS) is 1. The maximum atomic E-state index is 11.7. The van der Waals surface area contributed by atoms with E-state index >= 15 is 0 Å². The molecule has 0 aliphatic carbocycles. The summed E-state index contributed by atoms with van der Waals surface area (Å²) < 4.78 is 5.95. The van der Waals surface area contributed by atoms with Gasteiger partial charge in [-0.1, -0.05) is 48.5 Å². The van der Waals surface area contributed by atoms with Crippen molar-refractivity contribution in [2.24, 2.45) is 0 Å². The third-order valence-electron chi connectivity index (χ3n) is 5.18. The van der Waals surface area contributed by atoms with Crippen LogP contribution in [0, 0.1) is 20.8 Å². The Morgan fingerprint density at radius 1 is 1.00 bits per heavy atom. The maximum absolute atomic E-state index is 11.7. The number of carbonyl (C=O) groups is 1. The van der Waals surface area contributed by atoms with Gasteiger partial charge in [0.05, 0.1) is 5.69 Å². The Labute approximate surface area is 178 Å². The Bertz CT molecular complexity index is 1240. The molecule has 0 saturated carbocycles. The Balaban J connectivity index is 1.59. The molecule has 0 radical (unpaired) electrons. The van der Waals surface area contributed by atoms with Gasteiger partial charge in [0, 0.05) is 16.8 Å². The molecule has 0 atom stereocenters. The number of hydrogen-bond donors (Lipinski definition) is 2. The summed E-state index contributed by atoms with van der Waals surface area (Å²) in [5, 5.41) is 23.9. The predicted molar refractivity (Wildman–Crippen MR) is 115 cm³/mol. The monoisotopic (exact) mass is 415 g/mol. The highest BCUT2D eigenvalue weighted by atomic mass is 16.5. The zero-order valence-electron chi connectivity index (χ0n) is 17.4. The molecule has 4 aromatic rings. The molecule has 0 fully saturated rings. The summed E-state index contributed by atoms with van der Waals surface area (Å²) in [6, 6.07) is 15.7. The van der Waals surface area contributed by atoms with E-state index in [1.54, 1.807) is 6.92 Å². The number of nitrogens with zero attached hydrogens (tertiary/aromatic N) is 4. The third kappa shape index (κ3) is 4.00. The summed E-state index contributed by atoms with van der Waals surface area (Å²) in [6.07, 6.45) is 0. The van der Waals surface area contributed by atoms with Crippen LogP contribution in [0.4, 0.5) is 0 Å². The number of benzene rings is 2. The summed E-state index contributed by atoms with van der Waals surface area (Å²) in [4.78, 5) is 16.0. The number of H-pyrrole nitrogens is 1. The van der Waals surface area contributed by atoms with Crippen molar-refractivity contribution in [1.82, 2.24) is 25.6 Å². The molecule has 0 aliphatic heterocycles. The molecule has 0 aliphatic rings. The zero-order valence-corrected chi connectivity index (χ0v) is 17.4. The molecule has 0 saturated heterocycles.